The molecule has 23 heavy (non-hydrogen) atoms. The van der Waals surface area contributed by atoms with Crippen molar-refractivity contribution in [2.24, 2.45) is 0 Å². The van der Waals surface area contributed by atoms with E-state index in [9.17, 15) is 4.79 Å². The van der Waals surface area contributed by atoms with E-state index in [1.807, 2.05) is 56.6 Å². The standard InChI is InChI=1S/C19H25N3O/c1-15-9-11-16(12-10-15)13-20-19(23)21-14-18(22(2)3)17-7-5-4-6-8-17/h4-12,18H,13-14H2,1-3H3,(H2,20,21,23). The van der Waals surface area contributed by atoms with Crippen LogP contribution in [0, 0.1) is 6.92 Å². The topological polar surface area (TPSA) is 44.4 Å². The third-order valence-electron chi connectivity index (χ3n) is 3.84. The van der Waals surface area contributed by atoms with Crippen LogP contribution in [0.25, 0.3) is 0 Å². The fourth-order valence-corrected chi connectivity index (χ4v) is 2.41. The van der Waals surface area contributed by atoms with E-state index in [0.717, 1.165) is 5.56 Å². The molecule has 0 aromatic heterocycles. The molecule has 2 aromatic rings. The first-order valence-corrected chi connectivity index (χ1v) is 7.85. The van der Waals surface area contributed by atoms with Gasteiger partial charge < -0.3 is 15.5 Å². The van der Waals surface area contributed by atoms with Gasteiger partial charge in [-0.1, -0.05) is 60.2 Å². The fraction of sp³-hybridized carbons (Fsp3) is 0.316. The second-order valence-electron chi connectivity index (χ2n) is 5.94. The van der Waals surface area contributed by atoms with E-state index in [-0.39, 0.29) is 12.1 Å². The van der Waals surface area contributed by atoms with E-state index < -0.39 is 0 Å². The summed E-state index contributed by atoms with van der Waals surface area (Å²) in [4.78, 5) is 14.1. The minimum absolute atomic E-state index is 0.145. The van der Waals surface area contributed by atoms with Gasteiger partial charge in [0, 0.05) is 13.1 Å². The molecule has 0 saturated heterocycles. The maximum absolute atomic E-state index is 12.0. The smallest absolute Gasteiger partial charge is 0.315 e. The van der Waals surface area contributed by atoms with Crippen LogP contribution < -0.4 is 10.6 Å². The number of hydrogen-bond acceptors (Lipinski definition) is 2. The molecule has 1 unspecified atom stereocenters. The monoisotopic (exact) mass is 311 g/mol. The molecule has 0 aliphatic heterocycles. The maximum Gasteiger partial charge on any atom is 0.315 e. The Labute approximate surface area is 138 Å². The Bertz CT molecular complexity index is 608. The summed E-state index contributed by atoms with van der Waals surface area (Å²) in [7, 11) is 4.03. The van der Waals surface area contributed by atoms with Crippen LogP contribution in [0.5, 0.6) is 0 Å². The van der Waals surface area contributed by atoms with Crippen LogP contribution in [0.3, 0.4) is 0 Å². The van der Waals surface area contributed by atoms with Gasteiger partial charge in [-0.15, -0.1) is 0 Å². The summed E-state index contributed by atoms with van der Waals surface area (Å²) in [5.41, 5.74) is 3.50. The summed E-state index contributed by atoms with van der Waals surface area (Å²) in [6.07, 6.45) is 0. The van der Waals surface area contributed by atoms with Crippen LogP contribution in [-0.4, -0.2) is 31.6 Å². The highest BCUT2D eigenvalue weighted by Crippen LogP contribution is 2.16. The first kappa shape index (κ1) is 17.0. The van der Waals surface area contributed by atoms with Crippen molar-refractivity contribution in [1.82, 2.24) is 15.5 Å². The lowest BCUT2D eigenvalue weighted by atomic mass is 10.1. The molecule has 0 spiro atoms. The number of nitrogens with zero attached hydrogens (tertiary/aromatic N) is 1. The summed E-state index contributed by atoms with van der Waals surface area (Å²) >= 11 is 0. The minimum atomic E-state index is -0.145. The van der Waals surface area contributed by atoms with Gasteiger partial charge in [-0.3, -0.25) is 0 Å². The molecule has 0 fully saturated rings. The van der Waals surface area contributed by atoms with Crippen molar-refractivity contribution in [3.8, 4) is 0 Å². The largest absolute Gasteiger partial charge is 0.336 e. The predicted molar refractivity (Wildman–Crippen MR) is 94.3 cm³/mol. The summed E-state index contributed by atoms with van der Waals surface area (Å²) in [5, 5.41) is 5.85. The SMILES string of the molecule is Cc1ccc(CNC(=O)NCC(c2ccccc2)N(C)C)cc1. The Morgan fingerprint density at radius 2 is 1.65 bits per heavy atom. The Morgan fingerprint density at radius 1 is 1.00 bits per heavy atom. The number of carbonyl (C=O) groups is 1. The van der Waals surface area contributed by atoms with Crippen molar-refractivity contribution in [3.05, 3.63) is 71.3 Å². The van der Waals surface area contributed by atoms with Gasteiger partial charge in [0.25, 0.3) is 0 Å². The summed E-state index contributed by atoms with van der Waals surface area (Å²) in [5.74, 6) is 0. The van der Waals surface area contributed by atoms with Gasteiger partial charge in [0.2, 0.25) is 0 Å². The number of aryl methyl sites for hydroxylation is 1. The molecule has 4 nitrogen and oxygen atoms in total. The van der Waals surface area contributed by atoms with Crippen LogP contribution in [0.4, 0.5) is 4.79 Å². The zero-order valence-corrected chi connectivity index (χ0v) is 14.0. The normalized spacial score (nSPS) is 12.0. The van der Waals surface area contributed by atoms with Crippen LogP contribution in [0.2, 0.25) is 0 Å². The number of hydrogen-bond donors (Lipinski definition) is 2. The Morgan fingerprint density at radius 3 is 2.26 bits per heavy atom. The molecule has 0 aliphatic carbocycles. The number of carbonyl (C=O) groups excluding carboxylic acids is 1. The lowest BCUT2D eigenvalue weighted by Crippen LogP contribution is -2.40. The Kier molecular flexibility index (Phi) is 6.18. The van der Waals surface area contributed by atoms with E-state index in [1.165, 1.54) is 11.1 Å². The molecular weight excluding hydrogens is 286 g/mol. The van der Waals surface area contributed by atoms with Gasteiger partial charge in [-0.2, -0.15) is 0 Å². The molecule has 4 heteroatoms. The van der Waals surface area contributed by atoms with Crippen molar-refractivity contribution in [1.29, 1.82) is 0 Å². The number of rotatable bonds is 6. The lowest BCUT2D eigenvalue weighted by molar-refractivity contribution is 0.232. The van der Waals surface area contributed by atoms with Crippen molar-refractivity contribution in [3.63, 3.8) is 0 Å². The second-order valence-corrected chi connectivity index (χ2v) is 5.94. The van der Waals surface area contributed by atoms with E-state index in [2.05, 4.69) is 34.6 Å². The average Bonchev–Trinajstić information content (AvgIpc) is 2.55. The van der Waals surface area contributed by atoms with Gasteiger partial charge in [0.15, 0.2) is 0 Å². The highest BCUT2D eigenvalue weighted by Gasteiger charge is 2.14. The van der Waals surface area contributed by atoms with Crippen LogP contribution in [0.1, 0.15) is 22.7 Å². The summed E-state index contributed by atoms with van der Waals surface area (Å²) < 4.78 is 0. The van der Waals surface area contributed by atoms with Crippen LogP contribution in [0.15, 0.2) is 54.6 Å². The van der Waals surface area contributed by atoms with Crippen molar-refractivity contribution < 1.29 is 4.79 Å². The molecule has 2 rings (SSSR count). The molecule has 2 amide bonds. The molecule has 2 N–H and O–H groups in total. The van der Waals surface area contributed by atoms with Crippen LogP contribution in [-0.2, 0) is 6.54 Å². The highest BCUT2D eigenvalue weighted by molar-refractivity contribution is 5.73. The molecule has 122 valence electrons. The first-order chi connectivity index (χ1) is 11.1. The zero-order valence-electron chi connectivity index (χ0n) is 14.0. The van der Waals surface area contributed by atoms with Crippen LogP contribution >= 0.6 is 0 Å². The number of likely N-dealkylation sites (N-methyl/N-ethyl adjacent to an activating group) is 1. The highest BCUT2D eigenvalue weighted by atomic mass is 16.2. The minimum Gasteiger partial charge on any atom is -0.336 e. The summed E-state index contributed by atoms with van der Waals surface area (Å²) in [6, 6.07) is 18.4. The van der Waals surface area contributed by atoms with Gasteiger partial charge in [-0.25, -0.2) is 4.79 Å². The molecule has 2 aromatic carbocycles. The number of benzene rings is 2. The first-order valence-electron chi connectivity index (χ1n) is 7.85. The third-order valence-corrected chi connectivity index (χ3v) is 3.84. The number of nitrogens with one attached hydrogen (secondary N) is 2. The third kappa shape index (κ3) is 5.42. The van der Waals surface area contributed by atoms with E-state index >= 15 is 0 Å². The molecular formula is C19H25N3O. The fourth-order valence-electron chi connectivity index (χ4n) is 2.41. The zero-order chi connectivity index (χ0) is 16.7. The van der Waals surface area contributed by atoms with Crippen molar-refractivity contribution in [2.45, 2.75) is 19.5 Å². The second kappa shape index (κ2) is 8.34. The van der Waals surface area contributed by atoms with E-state index in [1.54, 1.807) is 0 Å². The summed E-state index contributed by atoms with van der Waals surface area (Å²) in [6.45, 7) is 3.15. The Balaban J connectivity index is 1.83. The lowest BCUT2D eigenvalue weighted by Gasteiger charge is -2.25. The number of urea groups is 1. The van der Waals surface area contributed by atoms with Gasteiger partial charge >= 0.3 is 6.03 Å². The molecule has 0 saturated carbocycles. The average molecular weight is 311 g/mol. The van der Waals surface area contributed by atoms with Crippen molar-refractivity contribution in [2.75, 3.05) is 20.6 Å². The van der Waals surface area contributed by atoms with E-state index in [4.69, 9.17) is 0 Å². The van der Waals surface area contributed by atoms with Crippen molar-refractivity contribution >= 4 is 6.03 Å². The molecule has 0 aliphatic rings. The van der Waals surface area contributed by atoms with Gasteiger partial charge in [-0.05, 0) is 32.1 Å². The molecule has 1 atom stereocenters. The molecule has 0 radical (unpaired) electrons. The molecule has 0 heterocycles. The number of amides is 2. The Hall–Kier alpha value is -2.33. The van der Waals surface area contributed by atoms with Gasteiger partial charge in [0.05, 0.1) is 6.04 Å². The molecule has 0 bridgehead atoms. The van der Waals surface area contributed by atoms with Gasteiger partial charge in [0.1, 0.15) is 0 Å². The quantitative estimate of drug-likeness (QED) is 0.861. The predicted octanol–water partition coefficient (Wildman–Crippen LogP) is 3.10. The maximum atomic E-state index is 12.0. The van der Waals surface area contributed by atoms with E-state index in [0.29, 0.717) is 13.1 Å².